The van der Waals surface area contributed by atoms with Crippen LogP contribution < -0.4 is 0 Å². The van der Waals surface area contributed by atoms with Crippen LogP contribution in [0.1, 0.15) is 40.7 Å². The third-order valence-corrected chi connectivity index (χ3v) is 4.14. The van der Waals surface area contributed by atoms with Crippen LogP contribution in [0.3, 0.4) is 0 Å². The molecule has 20 heavy (non-hydrogen) atoms. The largest absolute Gasteiger partial charge is 0.351 e. The molecule has 0 spiro atoms. The van der Waals surface area contributed by atoms with Gasteiger partial charge in [0.25, 0.3) is 5.91 Å². The van der Waals surface area contributed by atoms with Crippen molar-refractivity contribution in [1.29, 1.82) is 0 Å². The number of likely N-dealkylation sites (tertiary alicyclic amines) is 1. The molecule has 0 unspecified atom stereocenters. The maximum absolute atomic E-state index is 12.5. The standard InChI is InChI=1S/C15H15BrN2O2/c1-10-9-14(20-17-10)15(19)18-8-2-3-13(18)11-4-6-12(16)7-5-11/h4-7,9,13H,2-3,8H2,1H3/t13-/m0/s1. The van der Waals surface area contributed by atoms with E-state index in [0.717, 1.165) is 35.1 Å². The average molecular weight is 335 g/mol. The van der Waals surface area contributed by atoms with Gasteiger partial charge < -0.3 is 9.42 Å². The van der Waals surface area contributed by atoms with Gasteiger partial charge in [-0.2, -0.15) is 0 Å². The summed E-state index contributed by atoms with van der Waals surface area (Å²) in [6, 6.07) is 9.96. The van der Waals surface area contributed by atoms with Crippen LogP contribution in [-0.2, 0) is 0 Å². The Hall–Kier alpha value is -1.62. The summed E-state index contributed by atoms with van der Waals surface area (Å²) < 4.78 is 6.14. The predicted octanol–water partition coefficient (Wildman–Crippen LogP) is 3.72. The summed E-state index contributed by atoms with van der Waals surface area (Å²) >= 11 is 3.43. The molecule has 1 amide bonds. The van der Waals surface area contributed by atoms with Crippen molar-refractivity contribution in [2.75, 3.05) is 6.54 Å². The van der Waals surface area contributed by atoms with Gasteiger partial charge in [-0.15, -0.1) is 0 Å². The van der Waals surface area contributed by atoms with Gasteiger partial charge in [0, 0.05) is 17.1 Å². The number of nitrogens with zero attached hydrogens (tertiary/aromatic N) is 2. The minimum Gasteiger partial charge on any atom is -0.351 e. The Morgan fingerprint density at radius 1 is 1.40 bits per heavy atom. The van der Waals surface area contributed by atoms with Crippen molar-refractivity contribution in [3.05, 3.63) is 51.8 Å². The van der Waals surface area contributed by atoms with E-state index in [1.807, 2.05) is 24.0 Å². The van der Waals surface area contributed by atoms with Crippen molar-refractivity contribution < 1.29 is 9.32 Å². The second-order valence-corrected chi connectivity index (χ2v) is 5.96. The lowest BCUT2D eigenvalue weighted by molar-refractivity contribution is 0.0693. The van der Waals surface area contributed by atoms with Crippen molar-refractivity contribution in [2.24, 2.45) is 0 Å². The molecule has 1 aromatic heterocycles. The number of aromatic nitrogens is 1. The van der Waals surface area contributed by atoms with Crippen LogP contribution in [-0.4, -0.2) is 22.5 Å². The second kappa shape index (κ2) is 5.40. The van der Waals surface area contributed by atoms with Gasteiger partial charge in [-0.05, 0) is 37.5 Å². The second-order valence-electron chi connectivity index (χ2n) is 5.04. The van der Waals surface area contributed by atoms with Crippen LogP contribution >= 0.6 is 15.9 Å². The number of hydrogen-bond acceptors (Lipinski definition) is 3. The molecular weight excluding hydrogens is 320 g/mol. The van der Waals surface area contributed by atoms with E-state index in [2.05, 4.69) is 33.2 Å². The van der Waals surface area contributed by atoms with Gasteiger partial charge >= 0.3 is 0 Å². The van der Waals surface area contributed by atoms with E-state index < -0.39 is 0 Å². The normalized spacial score (nSPS) is 18.5. The molecule has 1 aliphatic rings. The topological polar surface area (TPSA) is 46.3 Å². The summed E-state index contributed by atoms with van der Waals surface area (Å²) in [4.78, 5) is 14.4. The monoisotopic (exact) mass is 334 g/mol. The number of halogens is 1. The van der Waals surface area contributed by atoms with Crippen molar-refractivity contribution >= 4 is 21.8 Å². The van der Waals surface area contributed by atoms with Crippen LogP contribution in [0.5, 0.6) is 0 Å². The van der Waals surface area contributed by atoms with E-state index in [-0.39, 0.29) is 11.9 Å². The highest BCUT2D eigenvalue weighted by Gasteiger charge is 2.32. The molecule has 5 heteroatoms. The third-order valence-electron chi connectivity index (χ3n) is 3.61. The first kappa shape index (κ1) is 13.4. The van der Waals surface area contributed by atoms with Crippen molar-refractivity contribution in [2.45, 2.75) is 25.8 Å². The highest BCUT2D eigenvalue weighted by Crippen LogP contribution is 2.33. The SMILES string of the molecule is Cc1cc(C(=O)N2CCC[C@H]2c2ccc(Br)cc2)on1. The van der Waals surface area contributed by atoms with Gasteiger partial charge in [0.1, 0.15) is 0 Å². The van der Waals surface area contributed by atoms with Crippen LogP contribution in [0, 0.1) is 6.92 Å². The summed E-state index contributed by atoms with van der Waals surface area (Å²) in [5, 5.41) is 3.79. The van der Waals surface area contributed by atoms with E-state index >= 15 is 0 Å². The van der Waals surface area contributed by atoms with Gasteiger partial charge in [-0.25, -0.2) is 0 Å². The quantitative estimate of drug-likeness (QED) is 0.840. The van der Waals surface area contributed by atoms with E-state index in [4.69, 9.17) is 4.52 Å². The lowest BCUT2D eigenvalue weighted by Gasteiger charge is -2.24. The first-order valence-electron chi connectivity index (χ1n) is 6.65. The molecular formula is C15H15BrN2O2. The summed E-state index contributed by atoms with van der Waals surface area (Å²) in [6.07, 6.45) is 2.00. The van der Waals surface area contributed by atoms with Crippen LogP contribution in [0.25, 0.3) is 0 Å². The summed E-state index contributed by atoms with van der Waals surface area (Å²) in [7, 11) is 0. The fourth-order valence-corrected chi connectivity index (χ4v) is 2.91. The maximum atomic E-state index is 12.5. The summed E-state index contributed by atoms with van der Waals surface area (Å²) in [6.45, 7) is 2.58. The van der Waals surface area contributed by atoms with Gasteiger partial charge in [-0.1, -0.05) is 33.2 Å². The molecule has 2 heterocycles. The van der Waals surface area contributed by atoms with Gasteiger partial charge in [0.2, 0.25) is 5.76 Å². The smallest absolute Gasteiger partial charge is 0.292 e. The molecule has 0 aliphatic carbocycles. The van der Waals surface area contributed by atoms with E-state index in [9.17, 15) is 4.79 Å². The fourth-order valence-electron chi connectivity index (χ4n) is 2.65. The number of benzene rings is 1. The van der Waals surface area contributed by atoms with E-state index in [1.165, 1.54) is 0 Å². The molecule has 0 N–H and O–H groups in total. The molecule has 1 saturated heterocycles. The molecule has 1 fully saturated rings. The molecule has 1 aliphatic heterocycles. The molecule has 1 aromatic carbocycles. The Balaban J connectivity index is 1.85. The molecule has 4 nitrogen and oxygen atoms in total. The van der Waals surface area contributed by atoms with Crippen LogP contribution in [0.4, 0.5) is 0 Å². The molecule has 2 aromatic rings. The first-order valence-corrected chi connectivity index (χ1v) is 7.44. The highest BCUT2D eigenvalue weighted by molar-refractivity contribution is 9.10. The van der Waals surface area contributed by atoms with E-state index in [1.54, 1.807) is 6.07 Å². The molecule has 1 atom stereocenters. The fraction of sp³-hybridized carbons (Fsp3) is 0.333. The zero-order valence-electron chi connectivity index (χ0n) is 11.2. The number of amides is 1. The van der Waals surface area contributed by atoms with Crippen LogP contribution in [0.15, 0.2) is 39.3 Å². The summed E-state index contributed by atoms with van der Waals surface area (Å²) in [5.74, 6) is 0.252. The molecule has 0 saturated carbocycles. The zero-order chi connectivity index (χ0) is 14.1. The Labute approximate surface area is 125 Å². The molecule has 0 radical (unpaired) electrons. The lowest BCUT2D eigenvalue weighted by Crippen LogP contribution is -2.30. The Kier molecular flexibility index (Phi) is 3.61. The van der Waals surface area contributed by atoms with Crippen molar-refractivity contribution in [3.63, 3.8) is 0 Å². The maximum Gasteiger partial charge on any atom is 0.292 e. The van der Waals surface area contributed by atoms with E-state index in [0.29, 0.717) is 5.76 Å². The van der Waals surface area contributed by atoms with Gasteiger partial charge in [-0.3, -0.25) is 4.79 Å². The van der Waals surface area contributed by atoms with Crippen LogP contribution in [0.2, 0.25) is 0 Å². The van der Waals surface area contributed by atoms with Crippen molar-refractivity contribution in [3.8, 4) is 0 Å². The lowest BCUT2D eigenvalue weighted by atomic mass is 10.0. The molecule has 104 valence electrons. The Morgan fingerprint density at radius 2 is 2.15 bits per heavy atom. The van der Waals surface area contributed by atoms with Crippen molar-refractivity contribution in [1.82, 2.24) is 10.1 Å². The molecule has 3 rings (SSSR count). The third kappa shape index (κ3) is 2.50. The number of aryl methyl sites for hydroxylation is 1. The highest BCUT2D eigenvalue weighted by atomic mass is 79.9. The van der Waals surface area contributed by atoms with Gasteiger partial charge in [0.15, 0.2) is 0 Å². The predicted molar refractivity (Wildman–Crippen MR) is 78.4 cm³/mol. The summed E-state index contributed by atoms with van der Waals surface area (Å²) in [5.41, 5.74) is 1.89. The number of rotatable bonds is 2. The zero-order valence-corrected chi connectivity index (χ0v) is 12.8. The molecule has 0 bridgehead atoms. The minimum absolute atomic E-state index is 0.0731. The first-order chi connectivity index (χ1) is 9.65. The van der Waals surface area contributed by atoms with Gasteiger partial charge in [0.05, 0.1) is 11.7 Å². The number of hydrogen-bond donors (Lipinski definition) is 0. The average Bonchev–Trinajstić information content (AvgIpc) is 3.07. The minimum atomic E-state index is -0.0731. The Bertz CT molecular complexity index is 621. The number of carbonyl (C=O) groups is 1. The Morgan fingerprint density at radius 3 is 2.80 bits per heavy atom. The number of carbonyl (C=O) groups excluding carboxylic acids is 1.